The maximum Gasteiger partial charge on any atom is 0.238 e. The zero-order valence-corrected chi connectivity index (χ0v) is 16.9. The van der Waals surface area contributed by atoms with E-state index < -0.39 is 6.04 Å². The summed E-state index contributed by atoms with van der Waals surface area (Å²) >= 11 is 13.5. The van der Waals surface area contributed by atoms with E-state index in [2.05, 4.69) is 10.6 Å². The van der Waals surface area contributed by atoms with Crippen LogP contribution in [0.25, 0.3) is 0 Å². The van der Waals surface area contributed by atoms with Crippen LogP contribution in [-0.4, -0.2) is 42.9 Å². The van der Waals surface area contributed by atoms with Crippen LogP contribution in [0.15, 0.2) is 35.7 Å². The molecule has 1 unspecified atom stereocenters. The fraction of sp³-hybridized carbons (Fsp3) is 0.333. The molecule has 0 spiro atoms. The van der Waals surface area contributed by atoms with Crippen LogP contribution in [0.1, 0.15) is 11.8 Å². The van der Waals surface area contributed by atoms with Gasteiger partial charge in [0.25, 0.3) is 0 Å². The quantitative estimate of drug-likeness (QED) is 0.693. The average Bonchev–Trinajstić information content (AvgIpc) is 3.10. The molecule has 2 aromatic rings. The third-order valence-corrected chi connectivity index (χ3v) is 5.56. The summed E-state index contributed by atoms with van der Waals surface area (Å²) in [6, 6.07) is 8.49. The molecule has 1 aromatic heterocycles. The smallest absolute Gasteiger partial charge is 0.238 e. The Bertz CT molecular complexity index is 753. The Morgan fingerprint density at radius 3 is 2.65 bits per heavy atom. The number of carbonyl (C=O) groups is 2. The van der Waals surface area contributed by atoms with Crippen LogP contribution in [-0.2, 0) is 16.0 Å². The van der Waals surface area contributed by atoms with Crippen LogP contribution >= 0.6 is 34.5 Å². The molecule has 2 rings (SSSR count). The average molecular weight is 414 g/mol. The van der Waals surface area contributed by atoms with Crippen molar-refractivity contribution >= 4 is 52.0 Å². The normalized spacial score (nSPS) is 12.0. The number of carbonyl (C=O) groups excluding carboxylic acids is 2. The molecule has 140 valence electrons. The van der Waals surface area contributed by atoms with Crippen LogP contribution in [0.4, 0.5) is 5.69 Å². The van der Waals surface area contributed by atoms with Crippen molar-refractivity contribution in [1.82, 2.24) is 10.2 Å². The first-order valence-corrected chi connectivity index (χ1v) is 9.75. The van der Waals surface area contributed by atoms with Gasteiger partial charge >= 0.3 is 0 Å². The van der Waals surface area contributed by atoms with Crippen LogP contribution in [0.3, 0.4) is 0 Å². The summed E-state index contributed by atoms with van der Waals surface area (Å²) in [6.45, 7) is 2.43. The van der Waals surface area contributed by atoms with E-state index in [0.29, 0.717) is 22.3 Å². The van der Waals surface area contributed by atoms with Gasteiger partial charge in [-0.1, -0.05) is 29.3 Å². The molecule has 0 fully saturated rings. The third-order valence-electron chi connectivity index (χ3n) is 3.89. The number of nitrogens with zero attached hydrogens (tertiary/aromatic N) is 1. The van der Waals surface area contributed by atoms with Crippen LogP contribution < -0.4 is 10.6 Å². The molecule has 1 atom stereocenters. The van der Waals surface area contributed by atoms with Gasteiger partial charge in [0.1, 0.15) is 0 Å². The highest BCUT2D eigenvalue weighted by molar-refractivity contribution is 7.09. The van der Waals surface area contributed by atoms with Crippen molar-refractivity contribution < 1.29 is 9.59 Å². The minimum Gasteiger partial charge on any atom is -0.354 e. The Balaban J connectivity index is 1.77. The molecule has 2 amide bonds. The van der Waals surface area contributed by atoms with E-state index >= 15 is 0 Å². The molecular formula is C18H21Cl2N3O2S. The van der Waals surface area contributed by atoms with Crippen LogP contribution in [0.5, 0.6) is 0 Å². The molecule has 0 bridgehead atoms. The molecule has 1 heterocycles. The summed E-state index contributed by atoms with van der Waals surface area (Å²) < 4.78 is 0. The van der Waals surface area contributed by atoms with Crippen molar-refractivity contribution in [1.29, 1.82) is 0 Å². The summed E-state index contributed by atoms with van der Waals surface area (Å²) in [4.78, 5) is 27.3. The van der Waals surface area contributed by atoms with Crippen molar-refractivity contribution in [3.63, 3.8) is 0 Å². The molecule has 0 radical (unpaired) electrons. The van der Waals surface area contributed by atoms with Crippen molar-refractivity contribution in [2.24, 2.45) is 0 Å². The van der Waals surface area contributed by atoms with Gasteiger partial charge in [-0.25, -0.2) is 0 Å². The van der Waals surface area contributed by atoms with Gasteiger partial charge in [-0.15, -0.1) is 11.3 Å². The summed E-state index contributed by atoms with van der Waals surface area (Å²) in [5.74, 6) is -0.337. The largest absolute Gasteiger partial charge is 0.354 e. The predicted molar refractivity (Wildman–Crippen MR) is 108 cm³/mol. The molecule has 5 nitrogen and oxygen atoms in total. The molecule has 2 N–H and O–H groups in total. The van der Waals surface area contributed by atoms with Crippen LogP contribution in [0, 0.1) is 0 Å². The number of likely N-dealkylation sites (N-methyl/N-ethyl adjacent to an activating group) is 1. The van der Waals surface area contributed by atoms with E-state index in [-0.39, 0.29) is 18.4 Å². The van der Waals surface area contributed by atoms with Gasteiger partial charge in [0, 0.05) is 17.1 Å². The molecule has 0 aliphatic heterocycles. The summed E-state index contributed by atoms with van der Waals surface area (Å²) in [6.07, 6.45) is 0.803. The third kappa shape index (κ3) is 6.29. The van der Waals surface area contributed by atoms with Gasteiger partial charge in [0.2, 0.25) is 11.8 Å². The van der Waals surface area contributed by atoms with Crippen LogP contribution in [0.2, 0.25) is 10.0 Å². The summed E-state index contributed by atoms with van der Waals surface area (Å²) in [5.41, 5.74) is 0.561. The number of hydrogen-bond donors (Lipinski definition) is 2. The first kappa shape index (κ1) is 20.7. The molecule has 1 aromatic carbocycles. The SMILES string of the molecule is CC(C(=O)NCCc1cccs1)N(C)CC(=O)Nc1ccc(Cl)c(Cl)c1. The number of hydrogen-bond acceptors (Lipinski definition) is 4. The first-order chi connectivity index (χ1) is 12.4. The topological polar surface area (TPSA) is 61.4 Å². The molecule has 0 saturated carbocycles. The fourth-order valence-corrected chi connectivity index (χ4v) is 3.26. The standard InChI is InChI=1S/C18H21Cl2N3O2S/c1-12(18(25)21-8-7-14-4-3-9-26-14)23(2)11-17(24)22-13-5-6-15(19)16(20)10-13/h3-6,9-10,12H,7-8,11H2,1-2H3,(H,21,25)(H,22,24). The monoisotopic (exact) mass is 413 g/mol. The van der Waals surface area contributed by atoms with Crippen molar-refractivity contribution in [2.45, 2.75) is 19.4 Å². The lowest BCUT2D eigenvalue weighted by Gasteiger charge is -2.23. The lowest BCUT2D eigenvalue weighted by Crippen LogP contribution is -2.46. The summed E-state index contributed by atoms with van der Waals surface area (Å²) in [7, 11) is 1.73. The highest BCUT2D eigenvalue weighted by Crippen LogP contribution is 2.24. The van der Waals surface area contributed by atoms with E-state index in [1.54, 1.807) is 48.4 Å². The molecule has 0 aliphatic rings. The molecule has 26 heavy (non-hydrogen) atoms. The second kappa shape index (κ2) is 9.92. The zero-order valence-electron chi connectivity index (χ0n) is 14.6. The van der Waals surface area contributed by atoms with Gasteiger partial charge in [-0.2, -0.15) is 0 Å². The van der Waals surface area contributed by atoms with E-state index in [9.17, 15) is 9.59 Å². The van der Waals surface area contributed by atoms with Crippen molar-refractivity contribution in [3.8, 4) is 0 Å². The fourth-order valence-electron chi connectivity index (χ4n) is 2.25. The first-order valence-electron chi connectivity index (χ1n) is 8.12. The maximum absolute atomic E-state index is 12.2. The molecular weight excluding hydrogens is 393 g/mol. The molecule has 8 heteroatoms. The lowest BCUT2D eigenvalue weighted by molar-refractivity contribution is -0.126. The van der Waals surface area contributed by atoms with Gasteiger partial charge < -0.3 is 10.6 Å². The molecule has 0 saturated heterocycles. The lowest BCUT2D eigenvalue weighted by atomic mass is 10.2. The maximum atomic E-state index is 12.2. The minimum atomic E-state index is -0.419. The van der Waals surface area contributed by atoms with Gasteiger partial charge in [0.15, 0.2) is 0 Å². The van der Waals surface area contributed by atoms with E-state index in [1.807, 2.05) is 17.5 Å². The van der Waals surface area contributed by atoms with E-state index in [4.69, 9.17) is 23.2 Å². The van der Waals surface area contributed by atoms with E-state index in [1.165, 1.54) is 4.88 Å². The Morgan fingerprint density at radius 2 is 2.00 bits per heavy atom. The second-order valence-corrected chi connectivity index (χ2v) is 7.74. The number of rotatable bonds is 8. The van der Waals surface area contributed by atoms with Gasteiger partial charge in [-0.05, 0) is 50.0 Å². The Hall–Kier alpha value is -1.60. The van der Waals surface area contributed by atoms with E-state index in [0.717, 1.165) is 6.42 Å². The molecule has 0 aliphatic carbocycles. The van der Waals surface area contributed by atoms with Crippen molar-refractivity contribution in [3.05, 3.63) is 50.6 Å². The van der Waals surface area contributed by atoms with Gasteiger partial charge in [0.05, 0.1) is 22.6 Å². The second-order valence-electron chi connectivity index (χ2n) is 5.89. The number of anilines is 1. The summed E-state index contributed by atoms with van der Waals surface area (Å²) in [5, 5.41) is 8.45. The number of nitrogens with one attached hydrogen (secondary N) is 2. The number of thiophene rings is 1. The number of halogens is 2. The number of amides is 2. The highest BCUT2D eigenvalue weighted by atomic mass is 35.5. The number of benzene rings is 1. The van der Waals surface area contributed by atoms with Gasteiger partial charge in [-0.3, -0.25) is 14.5 Å². The Morgan fingerprint density at radius 1 is 1.23 bits per heavy atom. The minimum absolute atomic E-state index is 0.0831. The predicted octanol–water partition coefficient (Wildman–Crippen LogP) is 3.67. The van der Waals surface area contributed by atoms with Crippen molar-refractivity contribution in [2.75, 3.05) is 25.5 Å². The Labute approximate surface area is 167 Å². The highest BCUT2D eigenvalue weighted by Gasteiger charge is 2.20. The Kier molecular flexibility index (Phi) is 7.90. The zero-order chi connectivity index (χ0) is 19.1.